The van der Waals surface area contributed by atoms with Gasteiger partial charge in [-0.25, -0.2) is 4.79 Å². The van der Waals surface area contributed by atoms with Crippen LogP contribution < -0.4 is 5.73 Å². The summed E-state index contributed by atoms with van der Waals surface area (Å²) in [6.45, 7) is 0. The van der Waals surface area contributed by atoms with E-state index in [1.807, 2.05) is 0 Å². The smallest absolute Gasteiger partial charge is 0.335 e. The van der Waals surface area contributed by atoms with Crippen LogP contribution in [0.2, 0.25) is 0 Å². The number of hydrogen-bond acceptors (Lipinski definition) is 5. The van der Waals surface area contributed by atoms with E-state index in [-0.39, 0.29) is 5.56 Å². The van der Waals surface area contributed by atoms with E-state index >= 15 is 0 Å². The lowest BCUT2D eigenvalue weighted by Crippen LogP contribution is -2.13. The molecule has 0 amide bonds. The van der Waals surface area contributed by atoms with Crippen molar-refractivity contribution in [1.82, 2.24) is 20.2 Å². The highest BCUT2D eigenvalue weighted by Crippen LogP contribution is 2.32. The van der Waals surface area contributed by atoms with E-state index in [0.717, 1.165) is 18.7 Å². The van der Waals surface area contributed by atoms with Crippen LogP contribution >= 0.6 is 0 Å². The predicted octanol–water partition coefficient (Wildman–Crippen LogP) is 1.99. The highest BCUT2D eigenvalue weighted by Gasteiger charge is 2.23. The maximum absolute atomic E-state index is 11.0. The van der Waals surface area contributed by atoms with Gasteiger partial charge in [0, 0.05) is 5.92 Å². The zero-order valence-electron chi connectivity index (χ0n) is 11.6. The van der Waals surface area contributed by atoms with E-state index in [1.165, 1.54) is 31.4 Å². The SMILES string of the molecule is Nc1cc(C(=O)O)ccc1-n1nnnc1C1CCCCC1. The van der Waals surface area contributed by atoms with Crippen molar-refractivity contribution in [2.75, 3.05) is 5.73 Å². The van der Waals surface area contributed by atoms with Crippen LogP contribution in [0.5, 0.6) is 0 Å². The second-order valence-corrected chi connectivity index (χ2v) is 5.36. The van der Waals surface area contributed by atoms with E-state index in [2.05, 4.69) is 15.5 Å². The van der Waals surface area contributed by atoms with Gasteiger partial charge in [-0.3, -0.25) is 0 Å². The summed E-state index contributed by atoms with van der Waals surface area (Å²) in [5.41, 5.74) is 7.12. The summed E-state index contributed by atoms with van der Waals surface area (Å²) in [5.74, 6) is 0.147. The molecule has 1 heterocycles. The van der Waals surface area contributed by atoms with Gasteiger partial charge in [0.15, 0.2) is 5.82 Å². The molecular weight excluding hydrogens is 270 g/mol. The molecule has 110 valence electrons. The third-order valence-corrected chi connectivity index (χ3v) is 3.97. The average Bonchev–Trinajstić information content (AvgIpc) is 2.97. The van der Waals surface area contributed by atoms with E-state index in [1.54, 1.807) is 10.7 Å². The summed E-state index contributed by atoms with van der Waals surface area (Å²) in [7, 11) is 0. The molecule has 0 bridgehead atoms. The summed E-state index contributed by atoms with van der Waals surface area (Å²) in [6.07, 6.45) is 5.78. The molecule has 1 fully saturated rings. The average molecular weight is 287 g/mol. The van der Waals surface area contributed by atoms with Crippen molar-refractivity contribution < 1.29 is 9.90 Å². The molecule has 0 saturated heterocycles. The largest absolute Gasteiger partial charge is 0.478 e. The van der Waals surface area contributed by atoms with Crippen molar-refractivity contribution in [3.05, 3.63) is 29.6 Å². The molecule has 2 aromatic rings. The first-order chi connectivity index (χ1) is 10.2. The Labute approximate surface area is 121 Å². The number of tetrazole rings is 1. The Hall–Kier alpha value is -2.44. The highest BCUT2D eigenvalue weighted by molar-refractivity contribution is 5.89. The molecule has 1 aromatic heterocycles. The summed E-state index contributed by atoms with van der Waals surface area (Å²) in [4.78, 5) is 11.0. The number of aromatic nitrogens is 4. The molecule has 1 aliphatic rings. The van der Waals surface area contributed by atoms with Crippen LogP contribution in [0.4, 0.5) is 5.69 Å². The second-order valence-electron chi connectivity index (χ2n) is 5.36. The Morgan fingerprint density at radius 1 is 1.29 bits per heavy atom. The van der Waals surface area contributed by atoms with E-state index in [0.29, 0.717) is 17.3 Å². The van der Waals surface area contributed by atoms with Crippen LogP contribution in [0.25, 0.3) is 5.69 Å². The number of anilines is 1. The standard InChI is InChI=1S/C14H17N5O2/c15-11-8-10(14(20)21)6-7-12(11)19-13(16-17-18-19)9-4-2-1-3-5-9/h6-9H,1-5,15H2,(H,20,21). The number of nitrogens with zero attached hydrogens (tertiary/aromatic N) is 4. The minimum atomic E-state index is -1.00. The molecule has 7 nitrogen and oxygen atoms in total. The molecule has 1 aliphatic carbocycles. The van der Waals surface area contributed by atoms with Gasteiger partial charge in [0.2, 0.25) is 0 Å². The topological polar surface area (TPSA) is 107 Å². The fourth-order valence-corrected chi connectivity index (χ4v) is 2.86. The van der Waals surface area contributed by atoms with Crippen molar-refractivity contribution in [2.45, 2.75) is 38.0 Å². The molecule has 21 heavy (non-hydrogen) atoms. The van der Waals surface area contributed by atoms with Crippen molar-refractivity contribution in [2.24, 2.45) is 0 Å². The zero-order chi connectivity index (χ0) is 14.8. The molecule has 1 aromatic carbocycles. The van der Waals surface area contributed by atoms with E-state index < -0.39 is 5.97 Å². The highest BCUT2D eigenvalue weighted by atomic mass is 16.4. The quantitative estimate of drug-likeness (QED) is 0.836. The number of carbonyl (C=O) groups is 1. The third kappa shape index (κ3) is 2.58. The number of nitrogen functional groups attached to an aromatic ring is 1. The fourth-order valence-electron chi connectivity index (χ4n) is 2.86. The number of nitrogens with two attached hydrogens (primary N) is 1. The van der Waals surface area contributed by atoms with Gasteiger partial charge in [-0.1, -0.05) is 19.3 Å². The van der Waals surface area contributed by atoms with Gasteiger partial charge in [-0.05, 0) is 41.5 Å². The molecule has 3 rings (SSSR count). The minimum Gasteiger partial charge on any atom is -0.478 e. The lowest BCUT2D eigenvalue weighted by molar-refractivity contribution is 0.0697. The number of carboxylic acids is 1. The van der Waals surface area contributed by atoms with Crippen LogP contribution in [-0.4, -0.2) is 31.3 Å². The molecule has 3 N–H and O–H groups in total. The van der Waals surface area contributed by atoms with Gasteiger partial charge < -0.3 is 10.8 Å². The lowest BCUT2D eigenvalue weighted by atomic mass is 9.88. The maximum atomic E-state index is 11.0. The molecular formula is C14H17N5O2. The molecule has 7 heteroatoms. The van der Waals surface area contributed by atoms with Crippen molar-refractivity contribution in [3.63, 3.8) is 0 Å². The normalized spacial score (nSPS) is 16.0. The van der Waals surface area contributed by atoms with Gasteiger partial charge in [-0.15, -0.1) is 5.10 Å². The first kappa shape index (κ1) is 13.5. The first-order valence-corrected chi connectivity index (χ1v) is 7.08. The summed E-state index contributed by atoms with van der Waals surface area (Å²) in [5, 5.41) is 20.9. The number of carboxylic acid groups (broad SMARTS) is 1. The summed E-state index contributed by atoms with van der Waals surface area (Å²) in [6, 6.07) is 4.60. The lowest BCUT2D eigenvalue weighted by Gasteiger charge is -2.20. The number of rotatable bonds is 3. The Morgan fingerprint density at radius 3 is 2.71 bits per heavy atom. The monoisotopic (exact) mass is 287 g/mol. The fraction of sp³-hybridized carbons (Fsp3) is 0.429. The van der Waals surface area contributed by atoms with E-state index in [9.17, 15) is 4.79 Å². The Bertz CT molecular complexity index is 661. The third-order valence-electron chi connectivity index (χ3n) is 3.97. The summed E-state index contributed by atoms with van der Waals surface area (Å²) >= 11 is 0. The van der Waals surface area contributed by atoms with Gasteiger partial charge in [0.1, 0.15) is 0 Å². The summed E-state index contributed by atoms with van der Waals surface area (Å²) < 4.78 is 1.64. The van der Waals surface area contributed by atoms with Gasteiger partial charge in [0.05, 0.1) is 16.9 Å². The molecule has 0 unspecified atom stereocenters. The van der Waals surface area contributed by atoms with Crippen LogP contribution in [-0.2, 0) is 0 Å². The Kier molecular flexibility index (Phi) is 3.55. The van der Waals surface area contributed by atoms with Crippen LogP contribution in [0, 0.1) is 0 Å². The molecule has 0 radical (unpaired) electrons. The number of aromatic carboxylic acids is 1. The van der Waals surface area contributed by atoms with Crippen LogP contribution in [0.15, 0.2) is 18.2 Å². The zero-order valence-corrected chi connectivity index (χ0v) is 11.6. The number of benzene rings is 1. The minimum absolute atomic E-state index is 0.156. The Balaban J connectivity index is 1.97. The van der Waals surface area contributed by atoms with Crippen LogP contribution in [0.3, 0.4) is 0 Å². The Morgan fingerprint density at radius 2 is 2.05 bits per heavy atom. The van der Waals surface area contributed by atoms with Gasteiger partial charge >= 0.3 is 5.97 Å². The van der Waals surface area contributed by atoms with E-state index in [4.69, 9.17) is 10.8 Å². The van der Waals surface area contributed by atoms with Crippen molar-refractivity contribution in [1.29, 1.82) is 0 Å². The molecule has 1 saturated carbocycles. The predicted molar refractivity (Wildman–Crippen MR) is 76.4 cm³/mol. The molecule has 0 spiro atoms. The van der Waals surface area contributed by atoms with Crippen molar-refractivity contribution in [3.8, 4) is 5.69 Å². The van der Waals surface area contributed by atoms with Crippen LogP contribution in [0.1, 0.15) is 54.2 Å². The van der Waals surface area contributed by atoms with Gasteiger partial charge in [0.25, 0.3) is 0 Å². The number of hydrogen-bond donors (Lipinski definition) is 2. The first-order valence-electron chi connectivity index (χ1n) is 7.08. The van der Waals surface area contributed by atoms with Crippen molar-refractivity contribution >= 4 is 11.7 Å². The molecule has 0 aliphatic heterocycles. The second kappa shape index (κ2) is 5.51. The molecule has 0 atom stereocenters. The maximum Gasteiger partial charge on any atom is 0.335 e. The van der Waals surface area contributed by atoms with Gasteiger partial charge in [-0.2, -0.15) is 4.68 Å².